The first-order valence-corrected chi connectivity index (χ1v) is 23.8. The van der Waals surface area contributed by atoms with E-state index in [-0.39, 0.29) is 0 Å². The fraction of sp³-hybridized carbons (Fsp3) is 0.0159. The van der Waals surface area contributed by atoms with Gasteiger partial charge in [0.1, 0.15) is 12.2 Å². The maximum atomic E-state index is 6.56. The molecule has 6 heterocycles. The number of hydrogen-bond donors (Lipinski definition) is 0. The minimum absolute atomic E-state index is 0.507. The van der Waals surface area contributed by atoms with Crippen molar-refractivity contribution in [3.05, 3.63) is 224 Å². The van der Waals surface area contributed by atoms with E-state index in [1.807, 2.05) is 36.5 Å². The Kier molecular flexibility index (Phi) is 8.55. The second-order valence-electron chi connectivity index (χ2n) is 18.1. The van der Waals surface area contributed by atoms with Crippen molar-refractivity contribution in [1.82, 2.24) is 29.1 Å². The van der Waals surface area contributed by atoms with Crippen molar-refractivity contribution in [2.24, 2.45) is 0 Å². The van der Waals surface area contributed by atoms with Crippen molar-refractivity contribution in [2.45, 2.75) is 6.61 Å². The van der Waals surface area contributed by atoms with Gasteiger partial charge in [-0.25, -0.2) is 15.0 Å². The molecule has 0 amide bonds. The minimum Gasteiger partial charge on any atom is -0.486 e. The summed E-state index contributed by atoms with van der Waals surface area (Å²) < 4.78 is 17.8. The molecule has 0 fully saturated rings. The van der Waals surface area contributed by atoms with Gasteiger partial charge in [-0.2, -0.15) is 0 Å². The van der Waals surface area contributed by atoms with Crippen molar-refractivity contribution >= 4 is 65.6 Å². The van der Waals surface area contributed by atoms with Gasteiger partial charge in [0.25, 0.3) is 0 Å². The van der Waals surface area contributed by atoms with E-state index >= 15 is 0 Å². The van der Waals surface area contributed by atoms with Gasteiger partial charge in [-0.3, -0.25) is 4.98 Å². The second-order valence-corrected chi connectivity index (χ2v) is 18.1. The van der Waals surface area contributed by atoms with Crippen molar-refractivity contribution in [2.75, 3.05) is 0 Å². The number of pyridine rings is 1. The molecule has 0 saturated carbocycles. The Hall–Kier alpha value is -9.66. The average Bonchev–Trinajstić information content (AvgIpc) is 4.10. The quantitative estimate of drug-likeness (QED) is 0.165. The normalized spacial score (nSPS) is 12.3. The van der Waals surface area contributed by atoms with E-state index in [0.717, 1.165) is 94.3 Å². The molecule has 0 aliphatic carbocycles. The van der Waals surface area contributed by atoms with E-state index in [2.05, 4.69) is 185 Å². The zero-order valence-corrected chi connectivity index (χ0v) is 38.0. The first-order valence-electron chi connectivity index (χ1n) is 23.8. The van der Waals surface area contributed by atoms with E-state index in [9.17, 15) is 0 Å². The number of fused-ring (bicyclic) bond motifs is 12. The highest BCUT2D eigenvalue weighted by Crippen LogP contribution is 2.45. The van der Waals surface area contributed by atoms with Gasteiger partial charge in [-0.05, 0) is 82.9 Å². The molecule has 8 nitrogen and oxygen atoms in total. The van der Waals surface area contributed by atoms with E-state index in [1.54, 1.807) is 6.20 Å². The molecule has 332 valence electrons. The number of aromatic nitrogens is 6. The number of benzene rings is 9. The van der Waals surface area contributed by atoms with Gasteiger partial charge in [0, 0.05) is 66.5 Å². The maximum absolute atomic E-state index is 6.56. The highest BCUT2D eigenvalue weighted by Gasteiger charge is 2.24. The second kappa shape index (κ2) is 15.4. The number of nitrogens with zero attached hydrogens (tertiary/aromatic N) is 6. The molecule has 71 heavy (non-hydrogen) atoms. The van der Waals surface area contributed by atoms with Crippen LogP contribution >= 0.6 is 0 Å². The first kappa shape index (κ1) is 39.3. The topological polar surface area (TPSA) is 83.8 Å². The molecule has 0 saturated heterocycles. The number of para-hydroxylation sites is 4. The summed E-state index contributed by atoms with van der Waals surface area (Å²) in [6, 6.07) is 72.4. The molecule has 9 aromatic carbocycles. The summed E-state index contributed by atoms with van der Waals surface area (Å²) in [5.74, 6) is 2.53. The van der Waals surface area contributed by atoms with Crippen LogP contribution in [0.25, 0.3) is 133 Å². The standard InChI is InChI=1S/C63H38N6O2/c1-2-14-38(15-3-1)61-65-62(41-17-12-18-43(32-41)68-52-24-9-6-20-45(52)46-21-7-10-25-53(46)68)67-63(66-61)51-35-64-36-58-59(51)50-34-40(29-31-57(50)71-58)39-28-30-55-49(33-39)47-22-8-11-26-54(47)69(55)56-27-13-23-48-44-19-5-4-16-42(44)37-70-60(48)56/h1-36H,37H2. The van der Waals surface area contributed by atoms with Gasteiger partial charge in [-0.15, -0.1) is 0 Å². The lowest BCUT2D eigenvalue weighted by Crippen LogP contribution is -2.08. The van der Waals surface area contributed by atoms with Gasteiger partial charge in [-0.1, -0.05) is 146 Å². The van der Waals surface area contributed by atoms with Crippen LogP contribution in [0.2, 0.25) is 0 Å². The smallest absolute Gasteiger partial charge is 0.166 e. The van der Waals surface area contributed by atoms with Gasteiger partial charge < -0.3 is 18.3 Å². The Bertz CT molecular complexity index is 4440. The SMILES string of the molecule is c1ccc(-c2nc(-c3cccc(-n4c5ccccc5c5ccccc54)c3)nc(-c3cncc4oc5ccc(-c6ccc7c(c6)c6ccccc6n7-c6cccc7c6OCc6ccccc6-7)cc5c34)n2)cc1. The van der Waals surface area contributed by atoms with Crippen LogP contribution in [0.4, 0.5) is 0 Å². The van der Waals surface area contributed by atoms with Crippen LogP contribution in [0, 0.1) is 0 Å². The largest absolute Gasteiger partial charge is 0.486 e. The van der Waals surface area contributed by atoms with Crippen LogP contribution in [-0.2, 0) is 6.61 Å². The molecule has 0 atom stereocenters. The third-order valence-corrected chi connectivity index (χ3v) is 14.2. The average molecular weight is 911 g/mol. The number of rotatable bonds is 6. The Morgan fingerprint density at radius 2 is 0.986 bits per heavy atom. The third-order valence-electron chi connectivity index (χ3n) is 14.2. The predicted octanol–water partition coefficient (Wildman–Crippen LogP) is 15.6. The van der Waals surface area contributed by atoms with Crippen LogP contribution in [0.1, 0.15) is 5.56 Å². The molecule has 0 unspecified atom stereocenters. The highest BCUT2D eigenvalue weighted by atomic mass is 16.5. The fourth-order valence-corrected chi connectivity index (χ4v) is 10.9. The summed E-state index contributed by atoms with van der Waals surface area (Å²) in [6.45, 7) is 0.533. The zero-order valence-electron chi connectivity index (χ0n) is 38.0. The van der Waals surface area contributed by atoms with Crippen molar-refractivity contribution in [3.63, 3.8) is 0 Å². The van der Waals surface area contributed by atoms with Gasteiger partial charge >= 0.3 is 0 Å². The molecule has 1 aliphatic rings. The van der Waals surface area contributed by atoms with Crippen LogP contribution in [0.3, 0.4) is 0 Å². The Balaban J connectivity index is 0.876. The van der Waals surface area contributed by atoms with E-state index in [1.165, 1.54) is 27.3 Å². The first-order chi connectivity index (χ1) is 35.2. The van der Waals surface area contributed by atoms with Crippen molar-refractivity contribution in [1.29, 1.82) is 0 Å². The lowest BCUT2D eigenvalue weighted by Gasteiger charge is -2.24. The Morgan fingerprint density at radius 1 is 0.380 bits per heavy atom. The molecule has 8 heteroatoms. The van der Waals surface area contributed by atoms with Gasteiger partial charge in [0.15, 0.2) is 28.8 Å². The monoisotopic (exact) mass is 910 g/mol. The summed E-state index contributed by atoms with van der Waals surface area (Å²) in [7, 11) is 0. The maximum Gasteiger partial charge on any atom is 0.166 e. The molecular formula is C63H38N6O2. The van der Waals surface area contributed by atoms with Crippen LogP contribution < -0.4 is 4.74 Å². The Labute approximate surface area is 406 Å². The fourth-order valence-electron chi connectivity index (χ4n) is 10.9. The number of furan rings is 1. The van der Waals surface area contributed by atoms with Crippen LogP contribution in [0.5, 0.6) is 5.75 Å². The van der Waals surface area contributed by atoms with Gasteiger partial charge in [0.2, 0.25) is 0 Å². The van der Waals surface area contributed by atoms with Crippen molar-refractivity contribution in [3.8, 4) is 73.5 Å². The lowest BCUT2D eigenvalue weighted by molar-refractivity contribution is 0.301. The summed E-state index contributed by atoms with van der Waals surface area (Å²) in [5.41, 5.74) is 16.1. The van der Waals surface area contributed by atoms with E-state index in [0.29, 0.717) is 29.7 Å². The van der Waals surface area contributed by atoms with E-state index < -0.39 is 0 Å². The van der Waals surface area contributed by atoms with Crippen LogP contribution in [-0.4, -0.2) is 29.1 Å². The zero-order chi connectivity index (χ0) is 46.6. The number of ether oxygens (including phenoxy) is 1. The summed E-state index contributed by atoms with van der Waals surface area (Å²) >= 11 is 0. The summed E-state index contributed by atoms with van der Waals surface area (Å²) in [4.78, 5) is 20.3. The Morgan fingerprint density at radius 3 is 1.79 bits per heavy atom. The number of hydrogen-bond acceptors (Lipinski definition) is 6. The molecule has 5 aromatic heterocycles. The van der Waals surface area contributed by atoms with Crippen LogP contribution in [0.15, 0.2) is 223 Å². The lowest BCUT2D eigenvalue weighted by atomic mass is 9.96. The molecule has 0 N–H and O–H groups in total. The molecule has 0 spiro atoms. The molecule has 1 aliphatic heterocycles. The summed E-state index contributed by atoms with van der Waals surface area (Å²) in [5, 5.41) is 6.57. The highest BCUT2D eigenvalue weighted by molar-refractivity contribution is 6.14. The third kappa shape index (κ3) is 6.11. The molecular weight excluding hydrogens is 873 g/mol. The summed E-state index contributed by atoms with van der Waals surface area (Å²) in [6.07, 6.45) is 3.62. The molecule has 15 rings (SSSR count). The molecule has 0 radical (unpaired) electrons. The predicted molar refractivity (Wildman–Crippen MR) is 285 cm³/mol. The van der Waals surface area contributed by atoms with E-state index in [4.69, 9.17) is 29.1 Å². The van der Waals surface area contributed by atoms with Crippen molar-refractivity contribution < 1.29 is 9.15 Å². The minimum atomic E-state index is 0.507. The molecule has 0 bridgehead atoms. The van der Waals surface area contributed by atoms with Gasteiger partial charge in [0.05, 0.1) is 34.0 Å². The molecule has 14 aromatic rings.